The van der Waals surface area contributed by atoms with Crippen LogP contribution < -0.4 is 5.73 Å². The van der Waals surface area contributed by atoms with Gasteiger partial charge in [-0.2, -0.15) is 5.10 Å². The quantitative estimate of drug-likeness (QED) is 0.860. The largest absolute Gasteiger partial charge is 0.398 e. The summed E-state index contributed by atoms with van der Waals surface area (Å²) in [5.74, 6) is 0.632. The molecule has 0 radical (unpaired) electrons. The smallest absolute Gasteiger partial charge is 0.255 e. The minimum atomic E-state index is 0. The first-order chi connectivity index (χ1) is 10.2. The number of hydrogen-bond donors (Lipinski definition) is 1. The second-order valence-corrected chi connectivity index (χ2v) is 5.55. The number of rotatable bonds is 3. The van der Waals surface area contributed by atoms with Gasteiger partial charge in [0.2, 0.25) is 0 Å². The van der Waals surface area contributed by atoms with Crippen LogP contribution in [0.25, 0.3) is 0 Å². The summed E-state index contributed by atoms with van der Waals surface area (Å²) in [5.41, 5.74) is 7.06. The van der Waals surface area contributed by atoms with Crippen LogP contribution in [-0.2, 0) is 6.54 Å². The molecule has 1 aromatic heterocycles. The average molecular weight is 357 g/mol. The summed E-state index contributed by atoms with van der Waals surface area (Å²) in [7, 11) is 0. The van der Waals surface area contributed by atoms with E-state index in [4.69, 9.17) is 5.73 Å². The number of piperidine rings is 1. The number of anilines is 1. The Labute approximate surface area is 148 Å². The number of hydrogen-bond acceptors (Lipinski definition) is 3. The van der Waals surface area contributed by atoms with E-state index in [-0.39, 0.29) is 30.7 Å². The van der Waals surface area contributed by atoms with Crippen molar-refractivity contribution in [1.29, 1.82) is 0 Å². The van der Waals surface area contributed by atoms with E-state index < -0.39 is 0 Å². The summed E-state index contributed by atoms with van der Waals surface area (Å²) >= 11 is 0. The fraction of sp³-hybridized carbons (Fsp3) is 0.375. The molecule has 5 nitrogen and oxygen atoms in total. The van der Waals surface area contributed by atoms with Crippen LogP contribution in [-0.4, -0.2) is 33.7 Å². The zero-order valence-electron chi connectivity index (χ0n) is 12.8. The third-order valence-electron chi connectivity index (χ3n) is 4.10. The molecule has 2 heterocycles. The van der Waals surface area contributed by atoms with Gasteiger partial charge in [0.05, 0.1) is 5.56 Å². The molecule has 1 fully saturated rings. The lowest BCUT2D eigenvalue weighted by Gasteiger charge is -2.32. The Balaban J connectivity index is 0.00000132. The van der Waals surface area contributed by atoms with Gasteiger partial charge in [-0.25, -0.2) is 0 Å². The number of nitrogens with two attached hydrogens (primary N) is 1. The van der Waals surface area contributed by atoms with Crippen molar-refractivity contribution in [3.05, 3.63) is 48.3 Å². The second kappa shape index (κ2) is 8.79. The molecule has 126 valence electrons. The number of nitrogens with zero attached hydrogens (tertiary/aromatic N) is 3. The van der Waals surface area contributed by atoms with Crippen LogP contribution in [0.2, 0.25) is 0 Å². The van der Waals surface area contributed by atoms with Crippen LogP contribution >= 0.6 is 24.8 Å². The van der Waals surface area contributed by atoms with Crippen molar-refractivity contribution in [2.75, 3.05) is 18.8 Å². The lowest BCUT2D eigenvalue weighted by atomic mass is 9.96. The fourth-order valence-corrected chi connectivity index (χ4v) is 2.85. The predicted molar refractivity (Wildman–Crippen MR) is 96.2 cm³/mol. The summed E-state index contributed by atoms with van der Waals surface area (Å²) in [6.45, 7) is 2.51. The van der Waals surface area contributed by atoms with Gasteiger partial charge in [-0.15, -0.1) is 24.8 Å². The molecule has 23 heavy (non-hydrogen) atoms. The number of benzene rings is 1. The monoisotopic (exact) mass is 356 g/mol. The standard InChI is InChI=1S/C16H20N4O.2ClH/c17-15-5-2-1-4-14(15)16(21)19-10-6-13(7-11-19)12-20-9-3-8-18-20;;/h1-5,8-9,13H,6-7,10-12,17H2;2*1H. The Morgan fingerprint density at radius 1 is 1.17 bits per heavy atom. The minimum absolute atomic E-state index is 0. The third-order valence-corrected chi connectivity index (χ3v) is 4.10. The summed E-state index contributed by atoms with van der Waals surface area (Å²) < 4.78 is 1.97. The number of amides is 1. The first-order valence-electron chi connectivity index (χ1n) is 7.35. The molecule has 1 amide bonds. The van der Waals surface area contributed by atoms with E-state index in [0.29, 0.717) is 17.2 Å². The molecule has 0 atom stereocenters. The van der Waals surface area contributed by atoms with Crippen molar-refractivity contribution in [2.45, 2.75) is 19.4 Å². The van der Waals surface area contributed by atoms with Crippen LogP contribution in [0.1, 0.15) is 23.2 Å². The van der Waals surface area contributed by atoms with Gasteiger partial charge in [0.1, 0.15) is 0 Å². The summed E-state index contributed by atoms with van der Waals surface area (Å²) in [5, 5.41) is 4.24. The van der Waals surface area contributed by atoms with Crippen LogP contribution in [0.4, 0.5) is 5.69 Å². The van der Waals surface area contributed by atoms with E-state index in [0.717, 1.165) is 32.5 Å². The molecular weight excluding hydrogens is 335 g/mol. The van der Waals surface area contributed by atoms with Gasteiger partial charge in [0.25, 0.3) is 5.91 Å². The van der Waals surface area contributed by atoms with E-state index in [9.17, 15) is 4.79 Å². The molecule has 7 heteroatoms. The molecule has 0 unspecified atom stereocenters. The van der Waals surface area contributed by atoms with Gasteiger partial charge in [-0.1, -0.05) is 12.1 Å². The normalized spacial score (nSPS) is 14.7. The second-order valence-electron chi connectivity index (χ2n) is 5.55. The number of carbonyl (C=O) groups is 1. The molecule has 1 aliphatic heterocycles. The third kappa shape index (κ3) is 4.62. The van der Waals surface area contributed by atoms with Crippen molar-refractivity contribution < 1.29 is 4.79 Å². The maximum atomic E-state index is 12.5. The van der Waals surface area contributed by atoms with Crippen molar-refractivity contribution in [2.24, 2.45) is 5.92 Å². The first kappa shape index (κ1) is 19.3. The van der Waals surface area contributed by atoms with Gasteiger partial charge < -0.3 is 10.6 Å². The van der Waals surface area contributed by atoms with Gasteiger partial charge in [-0.05, 0) is 37.0 Å². The maximum Gasteiger partial charge on any atom is 0.255 e. The fourth-order valence-electron chi connectivity index (χ4n) is 2.85. The summed E-state index contributed by atoms with van der Waals surface area (Å²) in [4.78, 5) is 14.4. The summed E-state index contributed by atoms with van der Waals surface area (Å²) in [6, 6.07) is 9.22. The Hall–Kier alpha value is -1.72. The topological polar surface area (TPSA) is 64.2 Å². The van der Waals surface area contributed by atoms with Gasteiger partial charge >= 0.3 is 0 Å². The van der Waals surface area contributed by atoms with Gasteiger partial charge in [0, 0.05) is 37.7 Å². The van der Waals surface area contributed by atoms with Crippen LogP contribution in [0.15, 0.2) is 42.7 Å². The maximum absolute atomic E-state index is 12.5. The van der Waals surface area contributed by atoms with E-state index in [1.165, 1.54) is 0 Å². The minimum Gasteiger partial charge on any atom is -0.398 e. The Bertz CT molecular complexity index is 610. The molecular formula is C16H22Cl2N4O. The van der Waals surface area contributed by atoms with E-state index in [1.54, 1.807) is 18.3 Å². The molecule has 1 aromatic carbocycles. The number of carbonyl (C=O) groups excluding carboxylic acids is 1. The molecule has 0 saturated carbocycles. The van der Waals surface area contributed by atoms with E-state index in [1.807, 2.05) is 34.0 Å². The molecule has 0 aliphatic carbocycles. The lowest BCUT2D eigenvalue weighted by molar-refractivity contribution is 0.0682. The van der Waals surface area contributed by atoms with Gasteiger partial charge in [0.15, 0.2) is 0 Å². The Kier molecular flexibility index (Phi) is 7.39. The van der Waals surface area contributed by atoms with E-state index in [2.05, 4.69) is 5.10 Å². The molecule has 1 aliphatic rings. The molecule has 0 bridgehead atoms. The number of halogens is 2. The first-order valence-corrected chi connectivity index (χ1v) is 7.35. The predicted octanol–water partition coefficient (Wildman–Crippen LogP) is 2.86. The summed E-state index contributed by atoms with van der Waals surface area (Å²) in [6.07, 6.45) is 5.82. The van der Waals surface area contributed by atoms with Crippen molar-refractivity contribution in [3.8, 4) is 0 Å². The highest BCUT2D eigenvalue weighted by Crippen LogP contribution is 2.22. The highest BCUT2D eigenvalue weighted by atomic mass is 35.5. The lowest BCUT2D eigenvalue weighted by Crippen LogP contribution is -2.39. The Morgan fingerprint density at radius 2 is 1.87 bits per heavy atom. The number of aromatic nitrogens is 2. The molecule has 2 aromatic rings. The number of para-hydroxylation sites is 1. The van der Waals surface area contributed by atoms with Crippen molar-refractivity contribution in [3.63, 3.8) is 0 Å². The zero-order valence-corrected chi connectivity index (χ0v) is 14.4. The Morgan fingerprint density at radius 3 is 2.48 bits per heavy atom. The van der Waals surface area contributed by atoms with E-state index >= 15 is 0 Å². The molecule has 2 N–H and O–H groups in total. The van der Waals surface area contributed by atoms with Crippen molar-refractivity contribution in [1.82, 2.24) is 14.7 Å². The zero-order chi connectivity index (χ0) is 14.7. The van der Waals surface area contributed by atoms with Gasteiger partial charge in [-0.3, -0.25) is 9.48 Å². The average Bonchev–Trinajstić information content (AvgIpc) is 3.01. The highest BCUT2D eigenvalue weighted by molar-refractivity contribution is 5.99. The number of likely N-dealkylation sites (tertiary alicyclic amines) is 1. The molecule has 3 rings (SSSR count). The molecule has 0 spiro atoms. The van der Waals surface area contributed by atoms with Crippen molar-refractivity contribution >= 4 is 36.4 Å². The highest BCUT2D eigenvalue weighted by Gasteiger charge is 2.24. The number of nitrogen functional groups attached to an aromatic ring is 1. The molecule has 1 saturated heterocycles. The van der Waals surface area contributed by atoms with Crippen LogP contribution in [0.3, 0.4) is 0 Å². The van der Waals surface area contributed by atoms with Crippen LogP contribution in [0, 0.1) is 5.92 Å². The SMILES string of the molecule is Cl.Cl.Nc1ccccc1C(=O)N1CCC(Cn2cccn2)CC1. The van der Waals surface area contributed by atoms with Crippen LogP contribution in [0.5, 0.6) is 0 Å².